The molecule has 0 radical (unpaired) electrons. The average Bonchev–Trinajstić information content (AvgIpc) is 2.59. The summed E-state index contributed by atoms with van der Waals surface area (Å²) in [6.07, 6.45) is 4.00. The number of rotatable bonds is 5. The van der Waals surface area contributed by atoms with Crippen molar-refractivity contribution in [3.05, 3.63) is 35.4 Å². The van der Waals surface area contributed by atoms with E-state index in [2.05, 4.69) is 53.7 Å². The topological polar surface area (TPSA) is 56.7 Å². The van der Waals surface area contributed by atoms with Crippen LogP contribution in [0.3, 0.4) is 0 Å². The maximum atomic E-state index is 12.3. The predicted octanol–water partition coefficient (Wildman–Crippen LogP) is 2.45. The summed E-state index contributed by atoms with van der Waals surface area (Å²) in [5.74, 6) is 0.971. The Labute approximate surface area is 145 Å². The zero-order valence-corrected chi connectivity index (χ0v) is 15.1. The van der Waals surface area contributed by atoms with E-state index in [-0.39, 0.29) is 5.91 Å². The molecule has 0 spiro atoms. The van der Waals surface area contributed by atoms with Crippen molar-refractivity contribution in [2.24, 2.45) is 4.99 Å². The average molecular weight is 330 g/mol. The summed E-state index contributed by atoms with van der Waals surface area (Å²) in [5, 5.41) is 6.51. The Morgan fingerprint density at radius 2 is 2.00 bits per heavy atom. The van der Waals surface area contributed by atoms with Crippen LogP contribution in [0.4, 0.5) is 0 Å². The molecule has 0 aliphatic carbocycles. The summed E-state index contributed by atoms with van der Waals surface area (Å²) < 4.78 is 0. The van der Waals surface area contributed by atoms with Crippen LogP contribution in [0, 0.1) is 6.92 Å². The minimum atomic E-state index is 0.240. The lowest BCUT2D eigenvalue weighted by molar-refractivity contribution is -0.134. The van der Waals surface area contributed by atoms with Gasteiger partial charge in [0.15, 0.2) is 5.96 Å². The molecule has 1 unspecified atom stereocenters. The number of aliphatic imine (C=N–C) groups is 1. The van der Waals surface area contributed by atoms with Gasteiger partial charge in [0.05, 0.1) is 0 Å². The smallest absolute Gasteiger partial charge is 0.224 e. The minimum absolute atomic E-state index is 0.240. The number of likely N-dealkylation sites (tertiary alicyclic amines) is 1. The SMILES string of the molecule is CN=C(NCCC(=O)N1CCCCC1C)NCc1ccc(C)cc1. The number of nitrogens with zero attached hydrogens (tertiary/aromatic N) is 2. The van der Waals surface area contributed by atoms with E-state index in [1.165, 1.54) is 17.5 Å². The number of guanidine groups is 1. The van der Waals surface area contributed by atoms with Crippen LogP contribution in [0.1, 0.15) is 43.7 Å². The molecule has 1 aromatic carbocycles. The first-order valence-electron chi connectivity index (χ1n) is 8.89. The van der Waals surface area contributed by atoms with Gasteiger partial charge >= 0.3 is 0 Å². The molecule has 1 fully saturated rings. The summed E-state index contributed by atoms with van der Waals surface area (Å²) >= 11 is 0. The van der Waals surface area contributed by atoms with Gasteiger partial charge in [-0.3, -0.25) is 9.79 Å². The third-order valence-electron chi connectivity index (χ3n) is 4.56. The molecule has 1 saturated heterocycles. The first-order chi connectivity index (χ1) is 11.6. The highest BCUT2D eigenvalue weighted by molar-refractivity contribution is 5.81. The number of carbonyl (C=O) groups is 1. The van der Waals surface area contributed by atoms with Crippen molar-refractivity contribution in [2.45, 2.75) is 52.1 Å². The van der Waals surface area contributed by atoms with Crippen LogP contribution >= 0.6 is 0 Å². The molecule has 0 aromatic heterocycles. The number of hydrogen-bond acceptors (Lipinski definition) is 2. The Morgan fingerprint density at radius 1 is 1.25 bits per heavy atom. The van der Waals surface area contributed by atoms with Crippen molar-refractivity contribution >= 4 is 11.9 Å². The third kappa shape index (κ3) is 5.55. The summed E-state index contributed by atoms with van der Waals surface area (Å²) in [6, 6.07) is 8.80. The van der Waals surface area contributed by atoms with E-state index >= 15 is 0 Å². The van der Waals surface area contributed by atoms with Gasteiger partial charge in [0, 0.05) is 39.1 Å². The van der Waals surface area contributed by atoms with Crippen LogP contribution in [-0.4, -0.2) is 42.9 Å². The molecule has 132 valence electrons. The van der Waals surface area contributed by atoms with Gasteiger partial charge in [0.1, 0.15) is 0 Å². The van der Waals surface area contributed by atoms with Gasteiger partial charge in [-0.2, -0.15) is 0 Å². The standard InChI is InChI=1S/C19H30N4O/c1-15-7-9-17(10-8-15)14-22-19(20-3)21-12-11-18(24)23-13-5-4-6-16(23)2/h7-10,16H,4-6,11-14H2,1-3H3,(H2,20,21,22). The number of benzene rings is 1. The zero-order chi connectivity index (χ0) is 17.4. The second-order valence-corrected chi connectivity index (χ2v) is 6.52. The van der Waals surface area contributed by atoms with Gasteiger partial charge in [-0.15, -0.1) is 0 Å². The Kier molecular flexibility index (Phi) is 7.09. The molecule has 2 N–H and O–H groups in total. The van der Waals surface area contributed by atoms with Crippen LogP contribution in [0.25, 0.3) is 0 Å². The van der Waals surface area contributed by atoms with E-state index in [1.54, 1.807) is 7.05 Å². The van der Waals surface area contributed by atoms with E-state index in [4.69, 9.17) is 0 Å². The Balaban J connectivity index is 1.71. The van der Waals surface area contributed by atoms with Crippen molar-refractivity contribution in [3.8, 4) is 0 Å². The summed E-state index contributed by atoms with van der Waals surface area (Å²) in [7, 11) is 1.75. The lowest BCUT2D eigenvalue weighted by Gasteiger charge is -2.33. The van der Waals surface area contributed by atoms with E-state index in [0.29, 0.717) is 19.0 Å². The molecule has 5 nitrogen and oxygen atoms in total. The summed E-state index contributed by atoms with van der Waals surface area (Å²) in [6.45, 7) is 6.46. The number of aryl methyl sites for hydroxylation is 1. The van der Waals surface area contributed by atoms with Crippen LogP contribution < -0.4 is 10.6 Å². The zero-order valence-electron chi connectivity index (χ0n) is 15.1. The molecule has 1 aliphatic rings. The van der Waals surface area contributed by atoms with Gasteiger partial charge in [-0.05, 0) is 38.7 Å². The molecular formula is C19H30N4O. The fraction of sp³-hybridized carbons (Fsp3) is 0.579. The first-order valence-corrected chi connectivity index (χ1v) is 8.89. The molecule has 2 rings (SSSR count). The second kappa shape index (κ2) is 9.30. The van der Waals surface area contributed by atoms with E-state index in [9.17, 15) is 4.79 Å². The number of carbonyl (C=O) groups excluding carboxylic acids is 1. The number of hydrogen-bond donors (Lipinski definition) is 2. The van der Waals surface area contributed by atoms with Crippen LogP contribution in [0.2, 0.25) is 0 Å². The first kappa shape index (κ1) is 18.3. The fourth-order valence-electron chi connectivity index (χ4n) is 3.01. The van der Waals surface area contributed by atoms with Gasteiger partial charge in [-0.25, -0.2) is 0 Å². The van der Waals surface area contributed by atoms with Gasteiger partial charge in [0.2, 0.25) is 5.91 Å². The summed E-state index contributed by atoms with van der Waals surface area (Å²) in [4.78, 5) is 18.6. The van der Waals surface area contributed by atoms with Crippen molar-refractivity contribution in [1.82, 2.24) is 15.5 Å². The van der Waals surface area contributed by atoms with Gasteiger partial charge < -0.3 is 15.5 Å². The highest BCUT2D eigenvalue weighted by Gasteiger charge is 2.22. The van der Waals surface area contributed by atoms with Crippen LogP contribution in [0.15, 0.2) is 29.3 Å². The van der Waals surface area contributed by atoms with Crippen LogP contribution in [0.5, 0.6) is 0 Å². The summed E-state index contributed by atoms with van der Waals surface area (Å²) in [5.41, 5.74) is 2.47. The highest BCUT2D eigenvalue weighted by Crippen LogP contribution is 2.16. The molecule has 0 saturated carbocycles. The predicted molar refractivity (Wildman–Crippen MR) is 99.0 cm³/mol. The molecule has 1 heterocycles. The Morgan fingerprint density at radius 3 is 2.67 bits per heavy atom. The molecule has 1 aromatic rings. The maximum absolute atomic E-state index is 12.3. The molecule has 24 heavy (non-hydrogen) atoms. The fourth-order valence-corrected chi connectivity index (χ4v) is 3.01. The normalized spacial score (nSPS) is 18.4. The molecule has 5 heteroatoms. The molecule has 1 aliphatic heterocycles. The van der Waals surface area contributed by atoms with E-state index in [0.717, 1.165) is 31.9 Å². The number of nitrogens with one attached hydrogen (secondary N) is 2. The van der Waals surface area contributed by atoms with Gasteiger partial charge in [-0.1, -0.05) is 29.8 Å². The lowest BCUT2D eigenvalue weighted by Crippen LogP contribution is -2.44. The van der Waals surface area contributed by atoms with Crippen molar-refractivity contribution in [2.75, 3.05) is 20.1 Å². The Hall–Kier alpha value is -2.04. The minimum Gasteiger partial charge on any atom is -0.356 e. The monoisotopic (exact) mass is 330 g/mol. The molecule has 1 amide bonds. The molecular weight excluding hydrogens is 300 g/mol. The van der Waals surface area contributed by atoms with Crippen molar-refractivity contribution in [3.63, 3.8) is 0 Å². The van der Waals surface area contributed by atoms with Gasteiger partial charge in [0.25, 0.3) is 0 Å². The molecule has 0 bridgehead atoms. The number of amides is 1. The van der Waals surface area contributed by atoms with Crippen molar-refractivity contribution < 1.29 is 4.79 Å². The quantitative estimate of drug-likeness (QED) is 0.644. The second-order valence-electron chi connectivity index (χ2n) is 6.52. The lowest BCUT2D eigenvalue weighted by atomic mass is 10.0. The largest absolute Gasteiger partial charge is 0.356 e. The number of piperidine rings is 1. The van der Waals surface area contributed by atoms with Crippen LogP contribution in [-0.2, 0) is 11.3 Å². The maximum Gasteiger partial charge on any atom is 0.224 e. The van der Waals surface area contributed by atoms with E-state index < -0.39 is 0 Å². The highest BCUT2D eigenvalue weighted by atomic mass is 16.2. The molecule has 1 atom stereocenters. The van der Waals surface area contributed by atoms with E-state index in [1.807, 2.05) is 4.90 Å². The van der Waals surface area contributed by atoms with Crippen molar-refractivity contribution in [1.29, 1.82) is 0 Å². The third-order valence-corrected chi connectivity index (χ3v) is 4.56. The Bertz CT molecular complexity index is 553.